The van der Waals surface area contributed by atoms with Crippen LogP contribution in [0.5, 0.6) is 0 Å². The highest BCUT2D eigenvalue weighted by Gasteiger charge is 2.30. The fraction of sp³-hybridized carbons (Fsp3) is 0.250. The molecular weight excluding hydrogens is 243 g/mol. The lowest BCUT2D eigenvalue weighted by Crippen LogP contribution is -2.05. The summed E-state index contributed by atoms with van der Waals surface area (Å²) < 4.78 is 39.4. The Morgan fingerprint density at radius 1 is 1.28 bits per heavy atom. The molecule has 3 nitrogen and oxygen atoms in total. The van der Waals surface area contributed by atoms with Gasteiger partial charge in [-0.15, -0.1) is 0 Å². The first-order chi connectivity index (χ1) is 8.30. The van der Waals surface area contributed by atoms with E-state index in [0.717, 1.165) is 12.1 Å². The number of benzene rings is 1. The number of hydrogen-bond donors (Lipinski definition) is 1. The second-order valence-corrected chi connectivity index (χ2v) is 4.06. The standard InChI is InChI=1S/C12H12F3N3/c1-7-10(18(2)17-11(7)16)8-4-3-5-9(6-8)12(13,14)15/h3-6H,1-2H3,(H2,16,17). The lowest BCUT2D eigenvalue weighted by molar-refractivity contribution is -0.137. The van der Waals surface area contributed by atoms with Crippen molar-refractivity contribution < 1.29 is 13.2 Å². The Labute approximate surface area is 102 Å². The van der Waals surface area contributed by atoms with Gasteiger partial charge >= 0.3 is 6.18 Å². The fourth-order valence-corrected chi connectivity index (χ4v) is 1.90. The minimum absolute atomic E-state index is 0.324. The van der Waals surface area contributed by atoms with Crippen LogP contribution in [-0.2, 0) is 13.2 Å². The summed E-state index contributed by atoms with van der Waals surface area (Å²) in [6.07, 6.45) is -4.35. The van der Waals surface area contributed by atoms with Crippen LogP contribution >= 0.6 is 0 Å². The van der Waals surface area contributed by atoms with Gasteiger partial charge in [0.05, 0.1) is 11.3 Å². The zero-order valence-electron chi connectivity index (χ0n) is 9.92. The number of alkyl halides is 3. The summed E-state index contributed by atoms with van der Waals surface area (Å²) in [4.78, 5) is 0. The van der Waals surface area contributed by atoms with Crippen LogP contribution in [0, 0.1) is 6.92 Å². The minimum Gasteiger partial charge on any atom is -0.382 e. The maximum absolute atomic E-state index is 12.6. The van der Waals surface area contributed by atoms with E-state index in [0.29, 0.717) is 22.6 Å². The summed E-state index contributed by atoms with van der Waals surface area (Å²) in [6, 6.07) is 5.13. The maximum Gasteiger partial charge on any atom is 0.416 e. The van der Waals surface area contributed by atoms with Gasteiger partial charge in [0.15, 0.2) is 0 Å². The van der Waals surface area contributed by atoms with E-state index in [9.17, 15) is 13.2 Å². The molecule has 0 atom stereocenters. The van der Waals surface area contributed by atoms with E-state index in [1.165, 1.54) is 10.7 Å². The molecule has 0 bridgehead atoms. The van der Waals surface area contributed by atoms with Gasteiger partial charge in [0, 0.05) is 18.2 Å². The average molecular weight is 255 g/mol. The number of aryl methyl sites for hydroxylation is 1. The van der Waals surface area contributed by atoms with Crippen molar-refractivity contribution >= 4 is 5.82 Å². The van der Waals surface area contributed by atoms with Gasteiger partial charge in [-0.05, 0) is 19.1 Å². The summed E-state index contributed by atoms with van der Waals surface area (Å²) in [5.74, 6) is 0.324. The highest BCUT2D eigenvalue weighted by atomic mass is 19.4. The summed E-state index contributed by atoms with van der Waals surface area (Å²) in [5, 5.41) is 3.99. The first kappa shape index (κ1) is 12.5. The van der Waals surface area contributed by atoms with Crippen LogP contribution in [0.4, 0.5) is 19.0 Å². The topological polar surface area (TPSA) is 43.8 Å². The highest BCUT2D eigenvalue weighted by molar-refractivity contribution is 5.68. The number of aromatic nitrogens is 2. The van der Waals surface area contributed by atoms with Gasteiger partial charge in [-0.1, -0.05) is 12.1 Å². The SMILES string of the molecule is Cc1c(N)nn(C)c1-c1cccc(C(F)(F)F)c1. The molecule has 0 saturated heterocycles. The molecule has 0 aliphatic rings. The molecule has 0 aliphatic heterocycles. The third-order valence-corrected chi connectivity index (χ3v) is 2.78. The summed E-state index contributed by atoms with van der Waals surface area (Å²) in [5.41, 5.74) is 6.69. The molecule has 0 unspecified atom stereocenters. The van der Waals surface area contributed by atoms with Crippen molar-refractivity contribution in [3.63, 3.8) is 0 Å². The second kappa shape index (κ2) is 4.04. The van der Waals surface area contributed by atoms with Gasteiger partial charge in [-0.3, -0.25) is 4.68 Å². The van der Waals surface area contributed by atoms with Crippen molar-refractivity contribution in [1.82, 2.24) is 9.78 Å². The van der Waals surface area contributed by atoms with Crippen molar-refractivity contribution in [2.45, 2.75) is 13.1 Å². The van der Waals surface area contributed by atoms with E-state index in [1.54, 1.807) is 20.0 Å². The molecule has 0 spiro atoms. The van der Waals surface area contributed by atoms with E-state index in [2.05, 4.69) is 5.10 Å². The Morgan fingerprint density at radius 2 is 1.94 bits per heavy atom. The molecule has 0 radical (unpaired) electrons. The highest BCUT2D eigenvalue weighted by Crippen LogP contribution is 2.33. The van der Waals surface area contributed by atoms with Crippen molar-refractivity contribution in [3.05, 3.63) is 35.4 Å². The molecule has 1 aromatic heterocycles. The van der Waals surface area contributed by atoms with E-state index in [-0.39, 0.29) is 0 Å². The molecule has 0 amide bonds. The maximum atomic E-state index is 12.6. The Hall–Kier alpha value is -1.98. The molecule has 18 heavy (non-hydrogen) atoms. The monoisotopic (exact) mass is 255 g/mol. The van der Waals surface area contributed by atoms with Crippen molar-refractivity contribution in [3.8, 4) is 11.3 Å². The van der Waals surface area contributed by atoms with Crippen LogP contribution < -0.4 is 5.73 Å². The Morgan fingerprint density at radius 3 is 2.44 bits per heavy atom. The Kier molecular flexibility index (Phi) is 2.80. The molecule has 0 saturated carbocycles. The molecule has 1 heterocycles. The van der Waals surface area contributed by atoms with Crippen molar-refractivity contribution in [2.24, 2.45) is 7.05 Å². The summed E-state index contributed by atoms with van der Waals surface area (Å²) in [6.45, 7) is 1.73. The van der Waals surface area contributed by atoms with E-state index < -0.39 is 11.7 Å². The number of nitrogens with zero attached hydrogens (tertiary/aromatic N) is 2. The molecule has 1 aromatic carbocycles. The average Bonchev–Trinajstić information content (AvgIpc) is 2.52. The van der Waals surface area contributed by atoms with Crippen LogP contribution in [0.1, 0.15) is 11.1 Å². The van der Waals surface area contributed by atoms with Crippen LogP contribution in [0.2, 0.25) is 0 Å². The van der Waals surface area contributed by atoms with Crippen molar-refractivity contribution in [2.75, 3.05) is 5.73 Å². The van der Waals surface area contributed by atoms with Gasteiger partial charge in [-0.25, -0.2) is 0 Å². The molecule has 2 N–H and O–H groups in total. The van der Waals surface area contributed by atoms with Gasteiger partial charge in [0.25, 0.3) is 0 Å². The molecule has 96 valence electrons. The number of anilines is 1. The molecule has 0 aliphatic carbocycles. The molecule has 2 aromatic rings. The fourth-order valence-electron chi connectivity index (χ4n) is 1.90. The summed E-state index contributed by atoms with van der Waals surface area (Å²) in [7, 11) is 1.65. The first-order valence-electron chi connectivity index (χ1n) is 5.27. The Balaban J connectivity index is 2.58. The van der Waals surface area contributed by atoms with E-state index in [1.807, 2.05) is 0 Å². The largest absolute Gasteiger partial charge is 0.416 e. The zero-order valence-corrected chi connectivity index (χ0v) is 9.92. The molecular formula is C12H12F3N3. The van der Waals surface area contributed by atoms with Gasteiger partial charge in [0.1, 0.15) is 5.82 Å². The lowest BCUT2D eigenvalue weighted by atomic mass is 10.0. The normalized spacial score (nSPS) is 11.8. The van der Waals surface area contributed by atoms with Crippen LogP contribution in [-0.4, -0.2) is 9.78 Å². The van der Waals surface area contributed by atoms with Crippen LogP contribution in [0.15, 0.2) is 24.3 Å². The quantitative estimate of drug-likeness (QED) is 0.851. The first-order valence-corrected chi connectivity index (χ1v) is 5.27. The number of nitrogens with two attached hydrogens (primary N) is 1. The smallest absolute Gasteiger partial charge is 0.382 e. The minimum atomic E-state index is -4.35. The van der Waals surface area contributed by atoms with Crippen LogP contribution in [0.25, 0.3) is 11.3 Å². The van der Waals surface area contributed by atoms with Gasteiger partial charge < -0.3 is 5.73 Å². The third-order valence-electron chi connectivity index (χ3n) is 2.78. The zero-order chi connectivity index (χ0) is 13.5. The Bertz CT molecular complexity index is 585. The molecule has 2 rings (SSSR count). The number of nitrogen functional groups attached to an aromatic ring is 1. The summed E-state index contributed by atoms with van der Waals surface area (Å²) >= 11 is 0. The van der Waals surface area contributed by atoms with Gasteiger partial charge in [0.2, 0.25) is 0 Å². The van der Waals surface area contributed by atoms with Crippen molar-refractivity contribution in [1.29, 1.82) is 0 Å². The molecule has 0 fully saturated rings. The van der Waals surface area contributed by atoms with Gasteiger partial charge in [-0.2, -0.15) is 18.3 Å². The molecule has 6 heteroatoms. The predicted octanol–water partition coefficient (Wildman–Crippen LogP) is 3.00. The van der Waals surface area contributed by atoms with Crippen LogP contribution in [0.3, 0.4) is 0 Å². The number of halogens is 3. The third kappa shape index (κ3) is 2.05. The number of rotatable bonds is 1. The van der Waals surface area contributed by atoms with E-state index in [4.69, 9.17) is 5.73 Å². The van der Waals surface area contributed by atoms with E-state index >= 15 is 0 Å². The lowest BCUT2D eigenvalue weighted by Gasteiger charge is -2.09. The predicted molar refractivity (Wildman–Crippen MR) is 62.8 cm³/mol. The second-order valence-electron chi connectivity index (χ2n) is 4.06. The number of hydrogen-bond acceptors (Lipinski definition) is 2.